The highest BCUT2D eigenvalue weighted by atomic mass is 32.1. The standard InChI is InChI=1S/C24H27FN4S/c1-16-10-12-29(13-11-16)24-28-21(18-6-8-19(25)9-7-18)23(30-24)22-20(14-26-15-27-22)17-4-2-3-5-17/h6-9,14-17H,2-5,10-13H2,1H3. The van der Waals surface area contributed by atoms with Crippen LogP contribution in [-0.2, 0) is 0 Å². The van der Waals surface area contributed by atoms with Crippen molar-refractivity contribution in [1.29, 1.82) is 0 Å². The molecule has 2 fully saturated rings. The van der Waals surface area contributed by atoms with E-state index in [1.54, 1.807) is 17.7 Å². The van der Waals surface area contributed by atoms with E-state index < -0.39 is 0 Å². The normalized spacial score (nSPS) is 18.3. The Hall–Kier alpha value is -2.34. The van der Waals surface area contributed by atoms with Gasteiger partial charge >= 0.3 is 0 Å². The lowest BCUT2D eigenvalue weighted by atomic mass is 9.96. The minimum Gasteiger partial charge on any atom is -0.348 e. The highest BCUT2D eigenvalue weighted by molar-refractivity contribution is 7.19. The maximum absolute atomic E-state index is 13.6. The lowest BCUT2D eigenvalue weighted by Crippen LogP contribution is -2.32. The zero-order valence-corrected chi connectivity index (χ0v) is 18.2. The van der Waals surface area contributed by atoms with Gasteiger partial charge in [0, 0.05) is 30.4 Å². The fourth-order valence-electron chi connectivity index (χ4n) is 4.67. The number of aromatic nitrogens is 3. The van der Waals surface area contributed by atoms with Crippen LogP contribution in [0.2, 0.25) is 0 Å². The third-order valence-corrected chi connectivity index (χ3v) is 7.66. The van der Waals surface area contributed by atoms with Crippen LogP contribution in [0.25, 0.3) is 21.8 Å². The maximum Gasteiger partial charge on any atom is 0.186 e. The molecule has 0 unspecified atom stereocenters. The molecule has 1 aliphatic carbocycles. The number of piperidine rings is 1. The van der Waals surface area contributed by atoms with E-state index in [4.69, 9.17) is 9.97 Å². The van der Waals surface area contributed by atoms with Crippen LogP contribution in [0.15, 0.2) is 36.8 Å². The van der Waals surface area contributed by atoms with Gasteiger partial charge in [0.1, 0.15) is 12.1 Å². The summed E-state index contributed by atoms with van der Waals surface area (Å²) in [6.07, 6.45) is 11.0. The van der Waals surface area contributed by atoms with Crippen molar-refractivity contribution in [2.75, 3.05) is 18.0 Å². The summed E-state index contributed by atoms with van der Waals surface area (Å²) in [6.45, 7) is 4.40. The monoisotopic (exact) mass is 422 g/mol. The number of rotatable bonds is 4. The summed E-state index contributed by atoms with van der Waals surface area (Å²) < 4.78 is 13.6. The van der Waals surface area contributed by atoms with Gasteiger partial charge in [-0.05, 0) is 61.8 Å². The molecule has 2 aromatic heterocycles. The zero-order valence-electron chi connectivity index (χ0n) is 17.4. The number of anilines is 1. The van der Waals surface area contributed by atoms with Gasteiger partial charge in [-0.25, -0.2) is 19.3 Å². The molecule has 30 heavy (non-hydrogen) atoms. The van der Waals surface area contributed by atoms with Crippen molar-refractivity contribution >= 4 is 16.5 Å². The summed E-state index contributed by atoms with van der Waals surface area (Å²) in [6, 6.07) is 6.68. The molecule has 0 N–H and O–H groups in total. The van der Waals surface area contributed by atoms with Crippen LogP contribution in [0.5, 0.6) is 0 Å². The SMILES string of the molecule is CC1CCN(c2nc(-c3ccc(F)cc3)c(-c3ncncc3C3CCCC3)s2)CC1. The van der Waals surface area contributed by atoms with Crippen molar-refractivity contribution < 1.29 is 4.39 Å². The lowest BCUT2D eigenvalue weighted by Gasteiger charge is -2.29. The topological polar surface area (TPSA) is 41.9 Å². The second-order valence-corrected chi connectivity index (χ2v) is 9.64. The molecule has 156 valence electrons. The summed E-state index contributed by atoms with van der Waals surface area (Å²) in [4.78, 5) is 17.6. The first-order valence-electron chi connectivity index (χ1n) is 11.0. The van der Waals surface area contributed by atoms with Gasteiger partial charge < -0.3 is 4.90 Å². The second kappa shape index (κ2) is 8.42. The highest BCUT2D eigenvalue weighted by Crippen LogP contribution is 2.45. The Kier molecular flexibility index (Phi) is 5.50. The van der Waals surface area contributed by atoms with Crippen LogP contribution in [0.4, 0.5) is 9.52 Å². The largest absolute Gasteiger partial charge is 0.348 e. The van der Waals surface area contributed by atoms with Crippen molar-refractivity contribution in [3.8, 4) is 21.8 Å². The molecule has 4 nitrogen and oxygen atoms in total. The summed E-state index contributed by atoms with van der Waals surface area (Å²) in [5.74, 6) is 1.06. The second-order valence-electron chi connectivity index (χ2n) is 8.66. The molecule has 0 radical (unpaired) electrons. The number of halogens is 1. The van der Waals surface area contributed by atoms with E-state index in [1.165, 1.54) is 56.2 Å². The first-order chi connectivity index (χ1) is 14.7. The van der Waals surface area contributed by atoms with Crippen molar-refractivity contribution in [2.24, 2.45) is 5.92 Å². The molecule has 0 bridgehead atoms. The third kappa shape index (κ3) is 3.85. The van der Waals surface area contributed by atoms with Gasteiger partial charge in [0.05, 0.1) is 16.3 Å². The molecule has 0 atom stereocenters. The third-order valence-electron chi connectivity index (χ3n) is 6.54. The predicted octanol–water partition coefficient (Wildman–Crippen LogP) is 6.30. The van der Waals surface area contributed by atoms with Gasteiger partial charge in [-0.15, -0.1) is 0 Å². The van der Waals surface area contributed by atoms with E-state index in [2.05, 4.69) is 16.8 Å². The van der Waals surface area contributed by atoms with Crippen LogP contribution < -0.4 is 4.90 Å². The number of hydrogen-bond donors (Lipinski definition) is 0. The minimum absolute atomic E-state index is 0.227. The number of thiazole rings is 1. The first-order valence-corrected chi connectivity index (χ1v) is 11.8. The molecule has 0 amide bonds. The van der Waals surface area contributed by atoms with Gasteiger partial charge in [0.2, 0.25) is 0 Å². The Morgan fingerprint density at radius 1 is 1.00 bits per heavy atom. The summed E-state index contributed by atoms with van der Waals surface area (Å²) in [5, 5.41) is 1.05. The van der Waals surface area contributed by atoms with E-state index in [9.17, 15) is 4.39 Å². The summed E-state index contributed by atoms with van der Waals surface area (Å²) >= 11 is 1.72. The summed E-state index contributed by atoms with van der Waals surface area (Å²) in [5.41, 5.74) is 4.09. The molecule has 3 aromatic rings. The molecular weight excluding hydrogens is 395 g/mol. The fourth-order valence-corrected chi connectivity index (χ4v) is 5.83. The molecule has 2 aliphatic rings. The molecule has 1 aromatic carbocycles. The molecule has 3 heterocycles. The average Bonchev–Trinajstić information content (AvgIpc) is 3.45. The smallest absolute Gasteiger partial charge is 0.186 e. The quantitative estimate of drug-likeness (QED) is 0.495. The van der Waals surface area contributed by atoms with E-state index in [-0.39, 0.29) is 5.82 Å². The first kappa shape index (κ1) is 19.6. The molecule has 1 aliphatic heterocycles. The van der Waals surface area contributed by atoms with Gasteiger partial charge in [0.25, 0.3) is 0 Å². The van der Waals surface area contributed by atoms with E-state index >= 15 is 0 Å². The van der Waals surface area contributed by atoms with E-state index in [0.29, 0.717) is 5.92 Å². The Balaban J connectivity index is 1.61. The fraction of sp³-hybridized carbons (Fsp3) is 0.458. The maximum atomic E-state index is 13.6. The van der Waals surface area contributed by atoms with Gasteiger partial charge in [-0.2, -0.15) is 0 Å². The van der Waals surface area contributed by atoms with Crippen LogP contribution >= 0.6 is 11.3 Å². The van der Waals surface area contributed by atoms with Gasteiger partial charge in [0.15, 0.2) is 5.13 Å². The molecule has 5 rings (SSSR count). The van der Waals surface area contributed by atoms with Crippen molar-refractivity contribution in [3.05, 3.63) is 48.2 Å². The minimum atomic E-state index is -0.227. The Morgan fingerprint density at radius 3 is 2.47 bits per heavy atom. The van der Waals surface area contributed by atoms with Crippen LogP contribution in [0, 0.1) is 11.7 Å². The predicted molar refractivity (Wildman–Crippen MR) is 120 cm³/mol. The number of hydrogen-bond acceptors (Lipinski definition) is 5. The van der Waals surface area contributed by atoms with Crippen LogP contribution in [0.1, 0.15) is 56.9 Å². The molecular formula is C24H27FN4S. The van der Waals surface area contributed by atoms with E-state index in [0.717, 1.165) is 46.0 Å². The highest BCUT2D eigenvalue weighted by Gasteiger charge is 2.27. The lowest BCUT2D eigenvalue weighted by molar-refractivity contribution is 0.438. The number of benzene rings is 1. The van der Waals surface area contributed by atoms with Crippen molar-refractivity contribution in [3.63, 3.8) is 0 Å². The van der Waals surface area contributed by atoms with Crippen molar-refractivity contribution in [1.82, 2.24) is 15.0 Å². The molecule has 1 saturated carbocycles. The Bertz CT molecular complexity index is 1000. The Morgan fingerprint density at radius 2 is 1.73 bits per heavy atom. The van der Waals surface area contributed by atoms with Crippen molar-refractivity contribution in [2.45, 2.75) is 51.4 Å². The molecule has 0 spiro atoms. The number of nitrogens with zero attached hydrogens (tertiary/aromatic N) is 4. The zero-order chi connectivity index (χ0) is 20.5. The van der Waals surface area contributed by atoms with E-state index in [1.807, 2.05) is 18.3 Å². The van der Waals surface area contributed by atoms with Gasteiger partial charge in [-0.3, -0.25) is 0 Å². The molecule has 1 saturated heterocycles. The average molecular weight is 423 g/mol. The van der Waals surface area contributed by atoms with Crippen LogP contribution in [0.3, 0.4) is 0 Å². The molecule has 6 heteroatoms. The van der Waals surface area contributed by atoms with Crippen LogP contribution in [-0.4, -0.2) is 28.0 Å². The Labute approximate surface area is 181 Å². The van der Waals surface area contributed by atoms with Gasteiger partial charge in [-0.1, -0.05) is 31.1 Å². The summed E-state index contributed by atoms with van der Waals surface area (Å²) in [7, 11) is 0.